The maximum absolute atomic E-state index is 12.7. The smallest absolute Gasteiger partial charge is 0.178 e. The summed E-state index contributed by atoms with van der Waals surface area (Å²) in [6, 6.07) is 0. The number of rotatable bonds is 2. The zero-order valence-electron chi connectivity index (χ0n) is 16.0. The largest absolute Gasteiger partial charge is 0.299 e. The molecule has 4 rings (SSSR count). The quantitative estimate of drug-likeness (QED) is 0.660. The minimum Gasteiger partial charge on any atom is -0.299 e. The number of ketones is 2. The molecular formula is C23H30O2. The average molecular weight is 338 g/mol. The molecule has 0 heterocycles. The molecule has 0 aromatic rings. The summed E-state index contributed by atoms with van der Waals surface area (Å²) >= 11 is 0. The number of hydrogen-bond donors (Lipinski definition) is 0. The van der Waals surface area contributed by atoms with Crippen LogP contribution in [0.5, 0.6) is 0 Å². The highest BCUT2D eigenvalue weighted by atomic mass is 16.1. The van der Waals surface area contributed by atoms with Gasteiger partial charge in [-0.1, -0.05) is 44.1 Å². The highest BCUT2D eigenvalue weighted by Crippen LogP contribution is 2.65. The Morgan fingerprint density at radius 3 is 2.80 bits per heavy atom. The molecule has 0 N–H and O–H groups in total. The molecule has 0 aromatic carbocycles. The van der Waals surface area contributed by atoms with Crippen LogP contribution in [0.25, 0.3) is 0 Å². The molecule has 0 radical (unpaired) electrons. The third kappa shape index (κ3) is 2.22. The summed E-state index contributed by atoms with van der Waals surface area (Å²) in [4.78, 5) is 24.5. The van der Waals surface area contributed by atoms with Gasteiger partial charge in [-0.25, -0.2) is 0 Å². The third-order valence-corrected chi connectivity index (χ3v) is 7.98. The predicted molar refractivity (Wildman–Crippen MR) is 99.9 cm³/mol. The second-order valence-corrected chi connectivity index (χ2v) is 9.24. The zero-order chi connectivity index (χ0) is 18.0. The molecule has 0 bridgehead atoms. The average Bonchev–Trinajstić information content (AvgIpc) is 2.85. The Hall–Kier alpha value is -1.44. The molecule has 0 amide bonds. The van der Waals surface area contributed by atoms with Crippen molar-refractivity contribution in [1.29, 1.82) is 0 Å². The van der Waals surface area contributed by atoms with Crippen LogP contribution in [0.2, 0.25) is 0 Å². The first-order chi connectivity index (χ1) is 11.8. The summed E-state index contributed by atoms with van der Waals surface area (Å²) in [7, 11) is 0. The Balaban J connectivity index is 1.75. The van der Waals surface area contributed by atoms with Crippen LogP contribution < -0.4 is 0 Å². The summed E-state index contributed by atoms with van der Waals surface area (Å²) in [6.45, 7) is 8.96. The van der Waals surface area contributed by atoms with Crippen LogP contribution >= 0.6 is 0 Å². The fraction of sp³-hybridized carbons (Fsp3) is 0.652. The monoisotopic (exact) mass is 338 g/mol. The maximum atomic E-state index is 12.7. The van der Waals surface area contributed by atoms with E-state index in [-0.39, 0.29) is 22.5 Å². The Labute approximate surface area is 151 Å². The molecular weight excluding hydrogens is 308 g/mol. The first kappa shape index (κ1) is 17.0. The van der Waals surface area contributed by atoms with E-state index >= 15 is 0 Å². The van der Waals surface area contributed by atoms with Gasteiger partial charge in [-0.15, -0.1) is 0 Å². The number of carbonyl (C=O) groups excluding carboxylic acids is 2. The van der Waals surface area contributed by atoms with Gasteiger partial charge in [-0.3, -0.25) is 9.59 Å². The maximum Gasteiger partial charge on any atom is 0.178 e. The van der Waals surface area contributed by atoms with Gasteiger partial charge < -0.3 is 0 Å². The first-order valence-electron chi connectivity index (χ1n) is 9.98. The lowest BCUT2D eigenvalue weighted by molar-refractivity contribution is -0.127. The van der Waals surface area contributed by atoms with E-state index in [1.165, 1.54) is 17.6 Å². The lowest BCUT2D eigenvalue weighted by Crippen LogP contribution is -2.44. The molecule has 0 spiro atoms. The van der Waals surface area contributed by atoms with E-state index in [1.807, 2.05) is 13.0 Å². The number of carbonyl (C=O) groups is 2. The number of allylic oxidation sites excluding steroid dienone is 6. The van der Waals surface area contributed by atoms with Crippen molar-refractivity contribution in [2.45, 2.75) is 59.8 Å². The highest BCUT2D eigenvalue weighted by Gasteiger charge is 2.58. The highest BCUT2D eigenvalue weighted by molar-refractivity contribution is 6.01. The molecule has 2 heteroatoms. The number of fused-ring (bicyclic) bond motifs is 5. The number of hydrogen-bond acceptors (Lipinski definition) is 2. The van der Waals surface area contributed by atoms with E-state index in [0.29, 0.717) is 30.0 Å². The van der Waals surface area contributed by atoms with Gasteiger partial charge in [-0.05, 0) is 67.9 Å². The van der Waals surface area contributed by atoms with Crippen LogP contribution in [-0.4, -0.2) is 11.6 Å². The van der Waals surface area contributed by atoms with Crippen LogP contribution in [0.15, 0.2) is 35.5 Å². The summed E-state index contributed by atoms with van der Waals surface area (Å²) in [5.74, 6) is 2.47. The second kappa shape index (κ2) is 5.53. The van der Waals surface area contributed by atoms with Gasteiger partial charge in [0.25, 0.3) is 0 Å². The van der Waals surface area contributed by atoms with Crippen LogP contribution in [0.3, 0.4) is 0 Å². The fourth-order valence-electron chi connectivity index (χ4n) is 6.80. The standard InChI is InChI=1S/C23H30O2/c1-5-20(25)21-14(2)12-19-17-7-6-15-13-16(24)8-10-22(15,3)18(17)9-11-23(19,21)4/h8-10,13-14,17,19,21H,5-7,11-12H2,1-4H3/t14-,17?,19?,21+,22-,23-/m0/s1. The van der Waals surface area contributed by atoms with Gasteiger partial charge in [0.2, 0.25) is 0 Å². The van der Waals surface area contributed by atoms with Gasteiger partial charge in [0.05, 0.1) is 0 Å². The van der Waals surface area contributed by atoms with E-state index in [0.717, 1.165) is 19.3 Å². The van der Waals surface area contributed by atoms with Crippen molar-refractivity contribution in [2.24, 2.45) is 34.5 Å². The molecule has 2 unspecified atom stereocenters. The van der Waals surface area contributed by atoms with Gasteiger partial charge in [-0.2, -0.15) is 0 Å². The molecule has 2 fully saturated rings. The van der Waals surface area contributed by atoms with Gasteiger partial charge in [0.1, 0.15) is 5.78 Å². The van der Waals surface area contributed by atoms with Crippen LogP contribution in [0.1, 0.15) is 59.8 Å². The Morgan fingerprint density at radius 1 is 1.32 bits per heavy atom. The molecule has 4 aliphatic rings. The van der Waals surface area contributed by atoms with Crippen molar-refractivity contribution >= 4 is 11.6 Å². The van der Waals surface area contributed by atoms with Crippen molar-refractivity contribution in [3.63, 3.8) is 0 Å². The van der Waals surface area contributed by atoms with E-state index in [2.05, 4.69) is 32.9 Å². The summed E-state index contributed by atoms with van der Waals surface area (Å²) in [5.41, 5.74) is 2.85. The number of Topliss-reactive ketones (excluding diaryl/α,β-unsaturated/α-hetero) is 1. The topological polar surface area (TPSA) is 34.1 Å². The van der Waals surface area contributed by atoms with Crippen LogP contribution in [0.4, 0.5) is 0 Å². The Bertz CT molecular complexity index is 724. The summed E-state index contributed by atoms with van der Waals surface area (Å²) < 4.78 is 0. The van der Waals surface area contributed by atoms with E-state index in [1.54, 1.807) is 6.08 Å². The van der Waals surface area contributed by atoms with E-state index < -0.39 is 0 Å². The van der Waals surface area contributed by atoms with Crippen molar-refractivity contribution in [2.75, 3.05) is 0 Å². The minimum absolute atomic E-state index is 0.0752. The molecule has 0 aliphatic heterocycles. The SMILES string of the molecule is CCC(=O)[C@H]1[C@@H](C)CC2C3CCC4=CC(=O)C=C[C@]4(C)C3=CC[C@@]21C. The van der Waals surface area contributed by atoms with Crippen molar-refractivity contribution in [1.82, 2.24) is 0 Å². The molecule has 2 nitrogen and oxygen atoms in total. The zero-order valence-corrected chi connectivity index (χ0v) is 16.0. The lowest BCUT2D eigenvalue weighted by atomic mass is 9.52. The second-order valence-electron chi connectivity index (χ2n) is 9.24. The molecule has 0 aromatic heterocycles. The normalized spacial score (nSPS) is 45.2. The molecule has 25 heavy (non-hydrogen) atoms. The summed E-state index contributed by atoms with van der Waals surface area (Å²) in [6.07, 6.45) is 13.2. The first-order valence-corrected chi connectivity index (χ1v) is 9.98. The molecule has 0 saturated heterocycles. The third-order valence-electron chi connectivity index (χ3n) is 7.98. The van der Waals surface area contributed by atoms with Crippen LogP contribution in [-0.2, 0) is 9.59 Å². The van der Waals surface area contributed by atoms with E-state index in [4.69, 9.17) is 0 Å². The lowest BCUT2D eigenvalue weighted by Gasteiger charge is -2.52. The fourth-order valence-corrected chi connectivity index (χ4v) is 6.80. The van der Waals surface area contributed by atoms with Crippen molar-refractivity contribution in [3.05, 3.63) is 35.5 Å². The van der Waals surface area contributed by atoms with Gasteiger partial charge >= 0.3 is 0 Å². The van der Waals surface area contributed by atoms with E-state index in [9.17, 15) is 9.59 Å². The minimum atomic E-state index is -0.0752. The Kier molecular flexibility index (Phi) is 3.76. The van der Waals surface area contributed by atoms with Gasteiger partial charge in [0, 0.05) is 17.8 Å². The molecule has 6 atom stereocenters. The Morgan fingerprint density at radius 2 is 2.08 bits per heavy atom. The van der Waals surface area contributed by atoms with Gasteiger partial charge in [0.15, 0.2) is 5.78 Å². The van der Waals surface area contributed by atoms with Crippen molar-refractivity contribution < 1.29 is 9.59 Å². The van der Waals surface area contributed by atoms with Crippen molar-refractivity contribution in [3.8, 4) is 0 Å². The summed E-state index contributed by atoms with van der Waals surface area (Å²) in [5, 5.41) is 0. The predicted octanol–water partition coefficient (Wildman–Crippen LogP) is 5.06. The molecule has 134 valence electrons. The van der Waals surface area contributed by atoms with Crippen LogP contribution in [0, 0.1) is 34.5 Å². The molecule has 4 aliphatic carbocycles. The molecule has 2 saturated carbocycles.